The Morgan fingerprint density at radius 1 is 1.24 bits per heavy atom. The molecule has 1 aromatic rings. The number of rotatable bonds is 7. The SMILES string of the molecule is O=C(CCCc1ccc(Cl)cc1)NCCN1CCOCC1. The van der Waals surface area contributed by atoms with E-state index >= 15 is 0 Å². The molecule has 0 radical (unpaired) electrons. The maximum atomic E-state index is 11.8. The fourth-order valence-electron chi connectivity index (χ4n) is 2.37. The number of halogens is 1. The summed E-state index contributed by atoms with van der Waals surface area (Å²) in [7, 11) is 0. The molecule has 0 atom stereocenters. The molecule has 2 rings (SSSR count). The fraction of sp³-hybridized carbons (Fsp3) is 0.562. The summed E-state index contributed by atoms with van der Waals surface area (Å²) in [6.45, 7) is 5.16. The van der Waals surface area contributed by atoms with E-state index in [1.807, 2.05) is 24.3 Å². The summed E-state index contributed by atoms with van der Waals surface area (Å²) in [4.78, 5) is 14.1. The second kappa shape index (κ2) is 9.03. The summed E-state index contributed by atoms with van der Waals surface area (Å²) in [5.41, 5.74) is 1.22. The smallest absolute Gasteiger partial charge is 0.220 e. The normalized spacial score (nSPS) is 15.9. The summed E-state index contributed by atoms with van der Waals surface area (Å²) >= 11 is 5.84. The Kier molecular flexibility index (Phi) is 7.00. The summed E-state index contributed by atoms with van der Waals surface area (Å²) in [6, 6.07) is 7.80. The Morgan fingerprint density at radius 2 is 1.95 bits per heavy atom. The summed E-state index contributed by atoms with van der Waals surface area (Å²) < 4.78 is 5.29. The van der Waals surface area contributed by atoms with Crippen molar-refractivity contribution in [3.63, 3.8) is 0 Å². The van der Waals surface area contributed by atoms with Crippen LogP contribution in [0.2, 0.25) is 5.02 Å². The third kappa shape index (κ3) is 6.46. The van der Waals surface area contributed by atoms with Gasteiger partial charge in [0.2, 0.25) is 5.91 Å². The number of carbonyl (C=O) groups is 1. The highest BCUT2D eigenvalue weighted by molar-refractivity contribution is 6.30. The molecule has 0 aromatic heterocycles. The van der Waals surface area contributed by atoms with Crippen LogP contribution in [0.15, 0.2) is 24.3 Å². The first-order valence-electron chi connectivity index (χ1n) is 7.55. The van der Waals surface area contributed by atoms with Crippen molar-refractivity contribution in [1.82, 2.24) is 10.2 Å². The monoisotopic (exact) mass is 310 g/mol. The molecule has 5 heteroatoms. The summed E-state index contributed by atoms with van der Waals surface area (Å²) in [5, 5.41) is 3.73. The molecule has 1 aliphatic rings. The highest BCUT2D eigenvalue weighted by atomic mass is 35.5. The molecule has 0 bridgehead atoms. The highest BCUT2D eigenvalue weighted by Gasteiger charge is 2.10. The van der Waals surface area contributed by atoms with Crippen molar-refractivity contribution >= 4 is 17.5 Å². The predicted octanol–water partition coefficient (Wildman–Crippen LogP) is 2.11. The lowest BCUT2D eigenvalue weighted by Crippen LogP contribution is -2.41. The topological polar surface area (TPSA) is 41.6 Å². The van der Waals surface area contributed by atoms with Crippen molar-refractivity contribution < 1.29 is 9.53 Å². The number of hydrogen-bond acceptors (Lipinski definition) is 3. The Labute approximate surface area is 131 Å². The lowest BCUT2D eigenvalue weighted by molar-refractivity contribution is -0.121. The summed E-state index contributed by atoms with van der Waals surface area (Å²) in [6.07, 6.45) is 2.35. The fourth-order valence-corrected chi connectivity index (χ4v) is 2.50. The van der Waals surface area contributed by atoms with Gasteiger partial charge < -0.3 is 10.1 Å². The van der Waals surface area contributed by atoms with Gasteiger partial charge in [-0.2, -0.15) is 0 Å². The first-order valence-corrected chi connectivity index (χ1v) is 7.93. The van der Waals surface area contributed by atoms with Crippen molar-refractivity contribution in [3.05, 3.63) is 34.9 Å². The lowest BCUT2D eigenvalue weighted by atomic mass is 10.1. The molecule has 0 saturated carbocycles. The molecule has 0 unspecified atom stereocenters. The number of morpholine rings is 1. The second-order valence-electron chi connectivity index (χ2n) is 5.28. The van der Waals surface area contributed by atoms with Crippen molar-refractivity contribution in [3.8, 4) is 0 Å². The zero-order valence-electron chi connectivity index (χ0n) is 12.3. The van der Waals surface area contributed by atoms with E-state index in [9.17, 15) is 4.79 Å². The van der Waals surface area contributed by atoms with Crippen molar-refractivity contribution in [2.75, 3.05) is 39.4 Å². The van der Waals surface area contributed by atoms with E-state index in [2.05, 4.69) is 10.2 Å². The van der Waals surface area contributed by atoms with Gasteiger partial charge in [0, 0.05) is 37.6 Å². The van der Waals surface area contributed by atoms with E-state index in [4.69, 9.17) is 16.3 Å². The van der Waals surface area contributed by atoms with E-state index < -0.39 is 0 Å². The van der Waals surface area contributed by atoms with E-state index in [-0.39, 0.29) is 5.91 Å². The van der Waals surface area contributed by atoms with Crippen LogP contribution in [0.3, 0.4) is 0 Å². The molecule has 1 amide bonds. The zero-order chi connectivity index (χ0) is 14.9. The number of hydrogen-bond donors (Lipinski definition) is 1. The number of ether oxygens (including phenoxy) is 1. The van der Waals surface area contributed by atoms with Crippen molar-refractivity contribution in [1.29, 1.82) is 0 Å². The molecule has 1 aliphatic heterocycles. The molecular weight excluding hydrogens is 288 g/mol. The van der Waals surface area contributed by atoms with Crippen LogP contribution in [0.1, 0.15) is 18.4 Å². The average molecular weight is 311 g/mol. The molecule has 4 nitrogen and oxygen atoms in total. The maximum absolute atomic E-state index is 11.8. The van der Waals surface area contributed by atoms with E-state index in [0.29, 0.717) is 6.42 Å². The number of aryl methyl sites for hydroxylation is 1. The lowest BCUT2D eigenvalue weighted by Gasteiger charge is -2.26. The number of carbonyl (C=O) groups excluding carboxylic acids is 1. The molecule has 1 aromatic carbocycles. The molecule has 116 valence electrons. The van der Waals surface area contributed by atoms with E-state index in [1.165, 1.54) is 5.56 Å². The number of benzene rings is 1. The molecule has 1 N–H and O–H groups in total. The van der Waals surface area contributed by atoms with E-state index in [0.717, 1.165) is 57.3 Å². The Bertz CT molecular complexity index is 430. The minimum Gasteiger partial charge on any atom is -0.379 e. The van der Waals surface area contributed by atoms with Gasteiger partial charge in [-0.1, -0.05) is 23.7 Å². The van der Waals surface area contributed by atoms with Crippen LogP contribution in [0.4, 0.5) is 0 Å². The van der Waals surface area contributed by atoms with Crippen LogP contribution in [0.5, 0.6) is 0 Å². The van der Waals surface area contributed by atoms with Crippen LogP contribution in [0, 0.1) is 0 Å². The Balaban J connectivity index is 1.54. The number of amides is 1. The van der Waals surface area contributed by atoms with Crippen molar-refractivity contribution in [2.24, 2.45) is 0 Å². The molecular formula is C16H23ClN2O2. The highest BCUT2D eigenvalue weighted by Crippen LogP contribution is 2.11. The molecule has 0 aliphatic carbocycles. The van der Waals surface area contributed by atoms with Gasteiger partial charge in [-0.3, -0.25) is 9.69 Å². The molecule has 1 saturated heterocycles. The van der Waals surface area contributed by atoms with Gasteiger partial charge >= 0.3 is 0 Å². The second-order valence-corrected chi connectivity index (χ2v) is 5.72. The predicted molar refractivity (Wildman–Crippen MR) is 84.7 cm³/mol. The Hall–Kier alpha value is -1.10. The number of nitrogens with one attached hydrogen (secondary N) is 1. The van der Waals surface area contributed by atoms with Gasteiger partial charge in [0.25, 0.3) is 0 Å². The van der Waals surface area contributed by atoms with E-state index in [1.54, 1.807) is 0 Å². The molecule has 1 heterocycles. The summed E-state index contributed by atoms with van der Waals surface area (Å²) in [5.74, 6) is 0.136. The first kappa shape index (κ1) is 16.3. The average Bonchev–Trinajstić information content (AvgIpc) is 2.50. The number of nitrogens with zero attached hydrogens (tertiary/aromatic N) is 1. The molecule has 0 spiro atoms. The van der Waals surface area contributed by atoms with Gasteiger partial charge in [-0.25, -0.2) is 0 Å². The van der Waals surface area contributed by atoms with Gasteiger partial charge in [-0.05, 0) is 30.5 Å². The largest absolute Gasteiger partial charge is 0.379 e. The van der Waals surface area contributed by atoms with Crippen molar-refractivity contribution in [2.45, 2.75) is 19.3 Å². The zero-order valence-corrected chi connectivity index (χ0v) is 13.1. The Morgan fingerprint density at radius 3 is 2.67 bits per heavy atom. The van der Waals surface area contributed by atoms with Crippen LogP contribution < -0.4 is 5.32 Å². The molecule has 21 heavy (non-hydrogen) atoms. The minimum absolute atomic E-state index is 0.136. The maximum Gasteiger partial charge on any atom is 0.220 e. The van der Waals surface area contributed by atoms with Crippen LogP contribution in [0.25, 0.3) is 0 Å². The minimum atomic E-state index is 0.136. The van der Waals surface area contributed by atoms with Crippen LogP contribution in [-0.2, 0) is 16.0 Å². The quantitative estimate of drug-likeness (QED) is 0.838. The van der Waals surface area contributed by atoms with Crippen LogP contribution in [-0.4, -0.2) is 50.2 Å². The first-order chi connectivity index (χ1) is 10.2. The third-order valence-corrected chi connectivity index (χ3v) is 3.89. The van der Waals surface area contributed by atoms with Gasteiger partial charge in [-0.15, -0.1) is 0 Å². The van der Waals surface area contributed by atoms with Gasteiger partial charge in [0.05, 0.1) is 13.2 Å². The van der Waals surface area contributed by atoms with Gasteiger partial charge in [0.15, 0.2) is 0 Å². The van der Waals surface area contributed by atoms with Gasteiger partial charge in [0.1, 0.15) is 0 Å². The third-order valence-electron chi connectivity index (χ3n) is 3.64. The standard InChI is InChI=1S/C16H23ClN2O2/c17-15-6-4-14(5-7-15)2-1-3-16(20)18-8-9-19-10-12-21-13-11-19/h4-7H,1-3,8-13H2,(H,18,20). The molecule has 1 fully saturated rings. The van der Waals surface area contributed by atoms with Crippen LogP contribution >= 0.6 is 11.6 Å².